The summed E-state index contributed by atoms with van der Waals surface area (Å²) in [4.78, 5) is 11.5. The van der Waals surface area contributed by atoms with Crippen LogP contribution in [0.3, 0.4) is 0 Å². The number of halogens is 2. The van der Waals surface area contributed by atoms with Gasteiger partial charge in [-0.15, -0.1) is 0 Å². The predicted molar refractivity (Wildman–Crippen MR) is 87.6 cm³/mol. The number of benzene rings is 2. The van der Waals surface area contributed by atoms with E-state index in [0.717, 1.165) is 5.56 Å². The topological polar surface area (TPSA) is 63.2 Å². The van der Waals surface area contributed by atoms with E-state index < -0.39 is 20.9 Å². The lowest BCUT2D eigenvalue weighted by atomic mass is 10.2. The Bertz CT molecular complexity index is 844. The van der Waals surface area contributed by atoms with Crippen LogP contribution in [-0.4, -0.2) is 14.3 Å². The van der Waals surface area contributed by atoms with E-state index in [0.29, 0.717) is 16.8 Å². The molecule has 0 fully saturated rings. The molecule has 7 heteroatoms. The molecule has 2 aromatic carbocycles. The Morgan fingerprint density at radius 2 is 1.65 bits per heavy atom. The van der Waals surface area contributed by atoms with Crippen LogP contribution in [0.25, 0.3) is 0 Å². The van der Waals surface area contributed by atoms with Gasteiger partial charge < -0.3 is 5.32 Å². The summed E-state index contributed by atoms with van der Waals surface area (Å²) in [6.07, 6.45) is 0.407. The van der Waals surface area contributed by atoms with Crippen LogP contribution in [0.4, 0.5) is 10.1 Å². The number of amides is 1. The quantitative estimate of drug-likeness (QED) is 0.848. The largest absolute Gasteiger partial charge is 0.322 e. The molecule has 0 saturated carbocycles. The predicted octanol–water partition coefficient (Wildman–Crippen LogP) is 3.87. The molecular formula is C16H13ClFNO3S. The van der Waals surface area contributed by atoms with E-state index in [9.17, 15) is 17.6 Å². The van der Waals surface area contributed by atoms with E-state index in [1.165, 1.54) is 24.3 Å². The first kappa shape index (κ1) is 17.2. The van der Waals surface area contributed by atoms with Crippen molar-refractivity contribution in [2.45, 2.75) is 11.8 Å². The van der Waals surface area contributed by atoms with Gasteiger partial charge >= 0.3 is 0 Å². The number of aryl methyl sites for hydroxylation is 1. The summed E-state index contributed by atoms with van der Waals surface area (Å²) in [6, 6.07) is 11.8. The molecule has 0 aliphatic heterocycles. The van der Waals surface area contributed by atoms with Gasteiger partial charge in [-0.05, 0) is 43.3 Å². The molecule has 0 atom stereocenters. The number of nitrogens with one attached hydrogen (secondary N) is 1. The van der Waals surface area contributed by atoms with Crippen molar-refractivity contribution in [1.29, 1.82) is 0 Å². The monoisotopic (exact) mass is 353 g/mol. The zero-order valence-electron chi connectivity index (χ0n) is 12.1. The Morgan fingerprint density at radius 1 is 1.09 bits per heavy atom. The molecule has 0 spiro atoms. The number of sulfone groups is 1. The fraction of sp³-hybridized carbons (Fsp3) is 0.0625. The van der Waals surface area contributed by atoms with E-state index >= 15 is 0 Å². The fourth-order valence-electron chi connectivity index (χ4n) is 1.72. The average Bonchev–Trinajstić information content (AvgIpc) is 2.50. The summed E-state index contributed by atoms with van der Waals surface area (Å²) >= 11 is 5.71. The lowest BCUT2D eigenvalue weighted by Gasteiger charge is -2.04. The first-order valence-corrected chi connectivity index (χ1v) is 8.40. The number of rotatable bonds is 4. The lowest BCUT2D eigenvalue weighted by Crippen LogP contribution is -2.11. The third kappa shape index (κ3) is 4.40. The zero-order chi connectivity index (χ0) is 17.0. The van der Waals surface area contributed by atoms with Gasteiger partial charge in [0.25, 0.3) is 5.91 Å². The Labute approximate surface area is 138 Å². The minimum Gasteiger partial charge on any atom is -0.322 e. The van der Waals surface area contributed by atoms with Gasteiger partial charge in [-0.2, -0.15) is 4.39 Å². The van der Waals surface area contributed by atoms with E-state index in [-0.39, 0.29) is 4.90 Å². The summed E-state index contributed by atoms with van der Waals surface area (Å²) in [6.45, 7) is 1.78. The minimum absolute atomic E-state index is 0.212. The molecule has 0 bridgehead atoms. The molecule has 0 radical (unpaired) electrons. The van der Waals surface area contributed by atoms with Crippen molar-refractivity contribution in [1.82, 2.24) is 0 Å². The number of hydrogen-bond donors (Lipinski definition) is 1. The van der Waals surface area contributed by atoms with Gasteiger partial charge in [0.1, 0.15) is 0 Å². The number of anilines is 1. The standard InChI is InChI=1S/C16H13ClFNO3S/c1-11-2-8-14(9-3-11)23(21,22)15(18)10-16(20)19-13-6-4-12(17)5-7-13/h2-10H,1H3,(H,19,20). The van der Waals surface area contributed by atoms with Gasteiger partial charge in [0.2, 0.25) is 15.0 Å². The number of carbonyl (C=O) groups excluding carboxylic acids is 1. The van der Waals surface area contributed by atoms with Crippen molar-refractivity contribution in [2.75, 3.05) is 5.32 Å². The molecule has 23 heavy (non-hydrogen) atoms. The van der Waals surface area contributed by atoms with Crippen LogP contribution >= 0.6 is 11.6 Å². The first-order chi connectivity index (χ1) is 10.8. The molecule has 2 aromatic rings. The second-order valence-corrected chi connectivity index (χ2v) is 7.07. The highest BCUT2D eigenvalue weighted by Gasteiger charge is 2.21. The number of carbonyl (C=O) groups is 1. The molecule has 1 amide bonds. The molecule has 4 nitrogen and oxygen atoms in total. The van der Waals surface area contributed by atoms with Crippen LogP contribution in [0.5, 0.6) is 0 Å². The van der Waals surface area contributed by atoms with E-state index in [4.69, 9.17) is 11.6 Å². The smallest absolute Gasteiger partial charge is 0.252 e. The van der Waals surface area contributed by atoms with Crippen molar-refractivity contribution in [2.24, 2.45) is 0 Å². The van der Waals surface area contributed by atoms with Crippen LogP contribution < -0.4 is 5.32 Å². The lowest BCUT2D eigenvalue weighted by molar-refractivity contribution is -0.112. The summed E-state index contributed by atoms with van der Waals surface area (Å²) < 4.78 is 38.0. The molecule has 120 valence electrons. The maximum Gasteiger partial charge on any atom is 0.252 e. The van der Waals surface area contributed by atoms with Crippen LogP contribution in [0.2, 0.25) is 5.02 Å². The van der Waals surface area contributed by atoms with Crippen LogP contribution in [-0.2, 0) is 14.6 Å². The molecule has 0 aromatic heterocycles. The highest BCUT2D eigenvalue weighted by Crippen LogP contribution is 2.21. The second-order valence-electron chi connectivity index (χ2n) is 4.76. The van der Waals surface area contributed by atoms with Crippen LogP contribution in [0, 0.1) is 6.92 Å². The molecule has 2 rings (SSSR count). The van der Waals surface area contributed by atoms with Gasteiger partial charge in [-0.1, -0.05) is 29.3 Å². The van der Waals surface area contributed by atoms with Crippen LogP contribution in [0.1, 0.15) is 5.56 Å². The van der Waals surface area contributed by atoms with Crippen molar-refractivity contribution < 1.29 is 17.6 Å². The van der Waals surface area contributed by atoms with E-state index in [1.807, 2.05) is 0 Å². The zero-order valence-corrected chi connectivity index (χ0v) is 13.7. The Morgan fingerprint density at radius 3 is 2.22 bits per heavy atom. The summed E-state index contributed by atoms with van der Waals surface area (Å²) in [5.41, 5.74) is 1.21. The fourth-order valence-corrected chi connectivity index (χ4v) is 2.83. The maximum absolute atomic E-state index is 14.0. The molecular weight excluding hydrogens is 341 g/mol. The normalized spacial score (nSPS) is 12.0. The second kappa shape index (κ2) is 6.93. The molecule has 0 unspecified atom stereocenters. The Hall–Kier alpha value is -2.18. The van der Waals surface area contributed by atoms with Gasteiger partial charge in [-0.3, -0.25) is 4.79 Å². The molecule has 0 aliphatic carbocycles. The van der Waals surface area contributed by atoms with Crippen molar-refractivity contribution in [3.8, 4) is 0 Å². The molecule has 0 saturated heterocycles. The van der Waals surface area contributed by atoms with Gasteiger partial charge in [0.05, 0.1) is 11.0 Å². The highest BCUT2D eigenvalue weighted by atomic mass is 35.5. The van der Waals surface area contributed by atoms with Gasteiger partial charge in [0.15, 0.2) is 0 Å². The Balaban J connectivity index is 2.18. The molecule has 1 N–H and O–H groups in total. The first-order valence-electron chi connectivity index (χ1n) is 6.54. The average molecular weight is 354 g/mol. The minimum atomic E-state index is -4.34. The van der Waals surface area contributed by atoms with Gasteiger partial charge in [-0.25, -0.2) is 8.42 Å². The van der Waals surface area contributed by atoms with Crippen LogP contribution in [0.15, 0.2) is 64.7 Å². The number of hydrogen-bond acceptors (Lipinski definition) is 3. The summed E-state index contributed by atoms with van der Waals surface area (Å²) in [5.74, 6) is -0.888. The van der Waals surface area contributed by atoms with E-state index in [2.05, 4.69) is 5.32 Å². The molecule has 0 heterocycles. The van der Waals surface area contributed by atoms with Crippen molar-refractivity contribution in [3.05, 3.63) is 70.4 Å². The SMILES string of the molecule is Cc1ccc(S(=O)(=O)C(F)=CC(=O)Nc2ccc(Cl)cc2)cc1. The third-order valence-electron chi connectivity index (χ3n) is 2.94. The van der Waals surface area contributed by atoms with Crippen molar-refractivity contribution in [3.63, 3.8) is 0 Å². The highest BCUT2D eigenvalue weighted by molar-refractivity contribution is 7.95. The maximum atomic E-state index is 14.0. The van der Waals surface area contributed by atoms with Crippen molar-refractivity contribution >= 4 is 33.0 Å². The van der Waals surface area contributed by atoms with E-state index in [1.54, 1.807) is 31.2 Å². The third-order valence-corrected chi connectivity index (χ3v) is 4.72. The summed E-state index contributed by atoms with van der Waals surface area (Å²) in [7, 11) is -4.34. The Kier molecular flexibility index (Phi) is 5.18. The molecule has 0 aliphatic rings. The van der Waals surface area contributed by atoms with Gasteiger partial charge in [0, 0.05) is 10.7 Å². The summed E-state index contributed by atoms with van der Waals surface area (Å²) in [5, 5.41) is 1.31.